The number of nitrogens with zero attached hydrogens (tertiary/aromatic N) is 4. The molecule has 3 aliphatic heterocycles. The number of carboxylic acid groups (broad SMARTS) is 2. The third-order valence-corrected chi connectivity index (χ3v) is 5.76. The molecule has 5 N–H and O–H groups in total. The van der Waals surface area contributed by atoms with Gasteiger partial charge in [-0.05, 0) is 43.7 Å². The number of rotatable bonds is 2. The van der Waals surface area contributed by atoms with Crippen LogP contribution in [0.4, 0.5) is 11.8 Å². The van der Waals surface area contributed by atoms with Crippen LogP contribution in [0.5, 0.6) is 0 Å². The number of nitrogens with two attached hydrogens (primary N) is 1. The molecule has 1 aromatic rings. The second kappa shape index (κ2) is 10.8. The van der Waals surface area contributed by atoms with Crippen LogP contribution in [-0.4, -0.2) is 81.5 Å². The zero-order chi connectivity index (χ0) is 20.5. The lowest BCUT2D eigenvalue weighted by atomic mass is 9.72. The van der Waals surface area contributed by atoms with Crippen LogP contribution in [0.2, 0.25) is 0 Å². The molecule has 3 aliphatic rings. The Hall–Kier alpha value is -2.46. The van der Waals surface area contributed by atoms with Crippen molar-refractivity contribution in [2.45, 2.75) is 37.8 Å². The van der Waals surface area contributed by atoms with Gasteiger partial charge in [0.1, 0.15) is 5.82 Å². The molecule has 0 spiro atoms. The third-order valence-electron chi connectivity index (χ3n) is 5.76. The van der Waals surface area contributed by atoms with E-state index in [1.807, 2.05) is 0 Å². The van der Waals surface area contributed by atoms with Gasteiger partial charge in [-0.3, -0.25) is 14.5 Å². The van der Waals surface area contributed by atoms with Crippen molar-refractivity contribution in [3.8, 4) is 0 Å². The van der Waals surface area contributed by atoms with E-state index in [0.29, 0.717) is 29.7 Å². The Balaban J connectivity index is 0.000000418. The van der Waals surface area contributed by atoms with E-state index < -0.39 is 0 Å². The minimum absolute atomic E-state index is 0.250. The maximum atomic E-state index is 9.93. The minimum Gasteiger partial charge on any atom is -0.483 e. The van der Waals surface area contributed by atoms with E-state index in [2.05, 4.69) is 19.8 Å². The quantitative estimate of drug-likeness (QED) is 0.508. The largest absolute Gasteiger partial charge is 0.483 e. The molecule has 3 saturated heterocycles. The Morgan fingerprint density at radius 3 is 2.50 bits per heavy atom. The van der Waals surface area contributed by atoms with E-state index >= 15 is 0 Å². The predicted octanol–water partition coefficient (Wildman–Crippen LogP) is 0.132. The Morgan fingerprint density at radius 2 is 1.86 bits per heavy atom. The van der Waals surface area contributed by atoms with E-state index in [9.17, 15) is 5.11 Å². The normalized spacial score (nSPS) is 28.5. The molecule has 3 fully saturated rings. The minimum atomic E-state index is -0.250. The zero-order valence-electron chi connectivity index (χ0n) is 15.8. The highest BCUT2D eigenvalue weighted by molar-refractivity contribution is 5.38. The highest BCUT2D eigenvalue weighted by Gasteiger charge is 2.47. The zero-order valence-corrected chi connectivity index (χ0v) is 15.8. The van der Waals surface area contributed by atoms with Crippen LogP contribution in [0.3, 0.4) is 0 Å². The summed E-state index contributed by atoms with van der Waals surface area (Å²) >= 11 is 0. The van der Waals surface area contributed by atoms with Gasteiger partial charge in [0, 0.05) is 31.4 Å². The smallest absolute Gasteiger partial charge is 0.290 e. The molecule has 10 heteroatoms. The standard InChI is InChI=1S/C16H25N5O.2CH2O2/c17-15-4-5-18-16(19-15)20-8-11-7-12(9-20)14(10-22)21-6-2-1-3-13(11)21;2*2-1-3/h4-5,11-14,22H,1-3,6-10H2,(H2,17,18,19);2*1H,(H,2,3)/t11-,12+,13+,14+;;/m1../s1. The van der Waals surface area contributed by atoms with Gasteiger partial charge < -0.3 is 26.0 Å². The highest BCUT2D eigenvalue weighted by Crippen LogP contribution is 2.41. The average molecular weight is 395 g/mol. The van der Waals surface area contributed by atoms with Crippen molar-refractivity contribution in [2.24, 2.45) is 11.8 Å². The van der Waals surface area contributed by atoms with Crippen molar-refractivity contribution in [2.75, 3.05) is 36.9 Å². The Bertz CT molecular complexity index is 614. The second-order valence-electron chi connectivity index (χ2n) is 7.20. The molecule has 4 heterocycles. The summed E-state index contributed by atoms with van der Waals surface area (Å²) in [6.45, 7) is 2.85. The molecule has 0 aromatic carbocycles. The van der Waals surface area contributed by atoms with Gasteiger partial charge in [0.05, 0.1) is 6.61 Å². The first kappa shape index (κ1) is 21.8. The number of aliphatic hydroxyl groups is 1. The highest BCUT2D eigenvalue weighted by atomic mass is 16.3. The molecule has 28 heavy (non-hydrogen) atoms. The molecule has 10 nitrogen and oxygen atoms in total. The molecule has 2 bridgehead atoms. The molecule has 4 atom stereocenters. The number of piperidine rings is 3. The van der Waals surface area contributed by atoms with Crippen LogP contribution in [0.1, 0.15) is 25.7 Å². The van der Waals surface area contributed by atoms with Crippen molar-refractivity contribution in [1.29, 1.82) is 0 Å². The number of carbonyl (C=O) groups is 2. The summed E-state index contributed by atoms with van der Waals surface area (Å²) in [5, 5.41) is 23.7. The summed E-state index contributed by atoms with van der Waals surface area (Å²) in [5.41, 5.74) is 5.81. The summed E-state index contributed by atoms with van der Waals surface area (Å²) in [6.07, 6.45) is 6.81. The number of aliphatic hydroxyl groups excluding tert-OH is 1. The van der Waals surface area contributed by atoms with Crippen LogP contribution >= 0.6 is 0 Å². The number of fused-ring (bicyclic) bond motifs is 4. The van der Waals surface area contributed by atoms with Gasteiger partial charge in [-0.1, -0.05) is 6.42 Å². The number of anilines is 2. The van der Waals surface area contributed by atoms with Crippen LogP contribution in [0, 0.1) is 11.8 Å². The van der Waals surface area contributed by atoms with Crippen molar-refractivity contribution >= 4 is 24.7 Å². The maximum Gasteiger partial charge on any atom is 0.290 e. The summed E-state index contributed by atoms with van der Waals surface area (Å²) in [4.78, 5) is 30.4. The van der Waals surface area contributed by atoms with Gasteiger partial charge in [-0.15, -0.1) is 0 Å². The molecule has 0 saturated carbocycles. The first-order chi connectivity index (χ1) is 13.6. The van der Waals surface area contributed by atoms with Gasteiger partial charge in [-0.25, -0.2) is 4.98 Å². The van der Waals surface area contributed by atoms with Crippen LogP contribution < -0.4 is 10.6 Å². The van der Waals surface area contributed by atoms with Crippen molar-refractivity contribution in [1.82, 2.24) is 14.9 Å². The molecular formula is C18H29N5O5. The van der Waals surface area contributed by atoms with Crippen LogP contribution in [-0.2, 0) is 9.59 Å². The van der Waals surface area contributed by atoms with Crippen molar-refractivity contribution in [3.05, 3.63) is 12.3 Å². The van der Waals surface area contributed by atoms with Gasteiger partial charge in [0.15, 0.2) is 0 Å². The fourth-order valence-corrected chi connectivity index (χ4v) is 4.84. The lowest BCUT2D eigenvalue weighted by Crippen LogP contribution is -2.64. The Labute approximate surface area is 164 Å². The number of nitrogen functional groups attached to an aromatic ring is 1. The number of hydrogen-bond acceptors (Lipinski definition) is 8. The maximum absolute atomic E-state index is 9.93. The monoisotopic (exact) mass is 395 g/mol. The van der Waals surface area contributed by atoms with E-state index in [-0.39, 0.29) is 19.6 Å². The molecule has 0 unspecified atom stereocenters. The van der Waals surface area contributed by atoms with Crippen molar-refractivity contribution in [3.63, 3.8) is 0 Å². The number of hydrogen-bond donors (Lipinski definition) is 4. The first-order valence-corrected chi connectivity index (χ1v) is 9.45. The molecular weight excluding hydrogens is 366 g/mol. The second-order valence-corrected chi connectivity index (χ2v) is 7.20. The molecule has 156 valence electrons. The van der Waals surface area contributed by atoms with Gasteiger partial charge in [0.25, 0.3) is 12.9 Å². The van der Waals surface area contributed by atoms with E-state index in [4.69, 9.17) is 25.5 Å². The first-order valence-electron chi connectivity index (χ1n) is 9.45. The topological polar surface area (TPSA) is 153 Å². The fourth-order valence-electron chi connectivity index (χ4n) is 4.84. The molecule has 0 radical (unpaired) electrons. The van der Waals surface area contributed by atoms with Gasteiger partial charge in [0.2, 0.25) is 5.95 Å². The average Bonchev–Trinajstić information content (AvgIpc) is 2.69. The van der Waals surface area contributed by atoms with Crippen LogP contribution in [0.25, 0.3) is 0 Å². The SMILES string of the molecule is Nc1ccnc(N2C[C@H]3C[C@@H](C2)[C@H](CO)N2CCCC[C@@H]32)n1.O=CO.O=CO. The fraction of sp³-hybridized carbons (Fsp3) is 0.667. The Kier molecular flexibility index (Phi) is 8.40. The summed E-state index contributed by atoms with van der Waals surface area (Å²) < 4.78 is 0. The Morgan fingerprint density at radius 1 is 1.18 bits per heavy atom. The number of aromatic nitrogens is 2. The molecule has 1 aromatic heterocycles. The third kappa shape index (κ3) is 5.08. The molecule has 4 rings (SSSR count). The lowest BCUT2D eigenvalue weighted by Gasteiger charge is -2.56. The van der Waals surface area contributed by atoms with E-state index in [0.717, 1.165) is 25.6 Å². The summed E-state index contributed by atoms with van der Waals surface area (Å²) in [5.74, 6) is 2.43. The summed E-state index contributed by atoms with van der Waals surface area (Å²) in [6, 6.07) is 2.64. The van der Waals surface area contributed by atoms with E-state index in [1.54, 1.807) is 12.3 Å². The van der Waals surface area contributed by atoms with Gasteiger partial charge >= 0.3 is 0 Å². The van der Waals surface area contributed by atoms with Gasteiger partial charge in [-0.2, -0.15) is 4.98 Å². The van der Waals surface area contributed by atoms with Crippen LogP contribution in [0.15, 0.2) is 12.3 Å². The lowest BCUT2D eigenvalue weighted by molar-refractivity contribution is -0.123. The summed E-state index contributed by atoms with van der Waals surface area (Å²) in [7, 11) is 0. The van der Waals surface area contributed by atoms with E-state index in [1.165, 1.54) is 25.7 Å². The molecule has 0 amide bonds. The molecule has 0 aliphatic carbocycles. The predicted molar refractivity (Wildman–Crippen MR) is 103 cm³/mol. The van der Waals surface area contributed by atoms with Crippen molar-refractivity contribution < 1.29 is 24.9 Å².